The van der Waals surface area contributed by atoms with E-state index in [0.29, 0.717) is 54.6 Å². The molecule has 3 amide bonds. The summed E-state index contributed by atoms with van der Waals surface area (Å²) in [6.07, 6.45) is 3.91. The third kappa shape index (κ3) is 13.8. The van der Waals surface area contributed by atoms with Gasteiger partial charge in [-0.25, -0.2) is 4.79 Å². The SMILES string of the molecule is C[C@@H](Cc1cccc(CC(=O)NCCCCCNC(=O)CCN2CCC(OC(=O)Nc3ccccc3-c3ccccc3)CC2)c1)NC[C@H](O)c1ccc(O)c2[nH]c(=O)ccc12. The number of aliphatic hydroxyl groups is 1. The Bertz CT molecular complexity index is 2270. The highest BCUT2D eigenvalue weighted by molar-refractivity contribution is 5.91. The van der Waals surface area contributed by atoms with Crippen LogP contribution in [0.15, 0.2) is 108 Å². The molecule has 13 nitrogen and oxygen atoms in total. The Morgan fingerprint density at radius 3 is 2.34 bits per heavy atom. The number of phenolic OH excluding ortho intramolecular Hbond substituents is 1. The van der Waals surface area contributed by atoms with Crippen molar-refractivity contribution in [2.45, 2.75) is 76.5 Å². The molecular weight excluding hydrogens is 773 g/mol. The third-order valence-corrected chi connectivity index (χ3v) is 11.0. The summed E-state index contributed by atoms with van der Waals surface area (Å²) in [6.45, 7) is 5.67. The molecule has 13 heteroatoms. The van der Waals surface area contributed by atoms with Crippen molar-refractivity contribution >= 4 is 34.5 Å². The van der Waals surface area contributed by atoms with Crippen LogP contribution < -0.4 is 26.8 Å². The highest BCUT2D eigenvalue weighted by Crippen LogP contribution is 2.29. The van der Waals surface area contributed by atoms with E-state index < -0.39 is 12.2 Å². The highest BCUT2D eigenvalue weighted by atomic mass is 16.6. The van der Waals surface area contributed by atoms with E-state index in [9.17, 15) is 29.4 Å². The number of aromatic hydroxyl groups is 1. The van der Waals surface area contributed by atoms with Crippen LogP contribution in [0.2, 0.25) is 0 Å². The topological polar surface area (TPSA) is 185 Å². The monoisotopic (exact) mass is 830 g/mol. The van der Waals surface area contributed by atoms with Crippen molar-refractivity contribution in [3.05, 3.63) is 130 Å². The van der Waals surface area contributed by atoms with Gasteiger partial charge in [-0.3, -0.25) is 19.7 Å². The van der Waals surface area contributed by atoms with Crippen molar-refractivity contribution in [1.82, 2.24) is 25.8 Å². The van der Waals surface area contributed by atoms with E-state index in [2.05, 4.69) is 31.2 Å². The van der Waals surface area contributed by atoms with Gasteiger partial charge >= 0.3 is 6.09 Å². The maximum atomic E-state index is 12.7. The first kappa shape index (κ1) is 44.5. The van der Waals surface area contributed by atoms with Crippen LogP contribution in [-0.2, 0) is 27.2 Å². The number of amides is 3. The molecule has 1 aliphatic rings. The molecule has 322 valence electrons. The number of benzene rings is 4. The lowest BCUT2D eigenvalue weighted by molar-refractivity contribution is -0.121. The summed E-state index contributed by atoms with van der Waals surface area (Å²) < 4.78 is 5.75. The second kappa shape index (κ2) is 22.5. The molecule has 0 radical (unpaired) electrons. The van der Waals surface area contributed by atoms with Gasteiger partial charge < -0.3 is 40.8 Å². The van der Waals surface area contributed by atoms with Gasteiger partial charge in [0.2, 0.25) is 17.4 Å². The lowest BCUT2D eigenvalue weighted by atomic mass is 10.0. The van der Waals surface area contributed by atoms with Crippen LogP contribution >= 0.6 is 0 Å². The Labute approximate surface area is 356 Å². The number of aliphatic hydroxyl groups excluding tert-OH is 1. The van der Waals surface area contributed by atoms with Crippen LogP contribution in [0.3, 0.4) is 0 Å². The summed E-state index contributed by atoms with van der Waals surface area (Å²) in [5.41, 5.74) is 5.25. The number of nitrogens with one attached hydrogen (secondary N) is 5. The van der Waals surface area contributed by atoms with E-state index in [4.69, 9.17) is 4.74 Å². The van der Waals surface area contributed by atoms with Crippen LogP contribution in [0.1, 0.15) is 68.2 Å². The minimum absolute atomic E-state index is 0.0236. The molecule has 0 aliphatic carbocycles. The first-order chi connectivity index (χ1) is 29.6. The predicted octanol–water partition coefficient (Wildman–Crippen LogP) is 6.20. The number of fused-ring (bicyclic) bond motifs is 1. The minimum atomic E-state index is -0.850. The fourth-order valence-corrected chi connectivity index (χ4v) is 7.75. The van der Waals surface area contributed by atoms with Crippen molar-refractivity contribution in [2.24, 2.45) is 0 Å². The number of unbranched alkanes of at least 4 members (excludes halogenated alkanes) is 2. The van der Waals surface area contributed by atoms with E-state index in [-0.39, 0.29) is 48.2 Å². The molecule has 4 aromatic carbocycles. The molecule has 5 aromatic rings. The van der Waals surface area contributed by atoms with Gasteiger partial charge in [-0.15, -0.1) is 0 Å². The number of H-pyrrole nitrogens is 1. The predicted molar refractivity (Wildman–Crippen MR) is 238 cm³/mol. The van der Waals surface area contributed by atoms with Crippen LogP contribution in [0.5, 0.6) is 5.75 Å². The first-order valence-corrected chi connectivity index (χ1v) is 21.3. The number of hydrogen-bond acceptors (Lipinski definition) is 9. The van der Waals surface area contributed by atoms with Crippen LogP contribution in [0.4, 0.5) is 10.5 Å². The van der Waals surface area contributed by atoms with E-state index >= 15 is 0 Å². The number of likely N-dealkylation sites (tertiary alicyclic amines) is 1. The molecular formula is C48H58N6O7. The number of carbonyl (C=O) groups excluding carboxylic acids is 3. The van der Waals surface area contributed by atoms with Gasteiger partial charge in [0, 0.05) is 68.7 Å². The average Bonchev–Trinajstić information content (AvgIpc) is 3.26. The lowest BCUT2D eigenvalue weighted by Gasteiger charge is -2.31. The Balaban J connectivity index is 0.786. The number of nitrogens with zero attached hydrogens (tertiary/aromatic N) is 1. The number of aromatic amines is 1. The first-order valence-electron chi connectivity index (χ1n) is 21.3. The van der Waals surface area contributed by atoms with Gasteiger partial charge in [0.05, 0.1) is 23.7 Å². The van der Waals surface area contributed by atoms with Gasteiger partial charge in [0.15, 0.2) is 0 Å². The molecule has 7 N–H and O–H groups in total. The van der Waals surface area contributed by atoms with Gasteiger partial charge in [-0.05, 0) is 85.9 Å². The number of hydrogen-bond donors (Lipinski definition) is 7. The zero-order valence-electron chi connectivity index (χ0n) is 34.8. The molecule has 2 heterocycles. The molecule has 2 atom stereocenters. The van der Waals surface area contributed by atoms with Gasteiger partial charge in [0.25, 0.3) is 0 Å². The summed E-state index contributed by atoms with van der Waals surface area (Å²) in [6, 6.07) is 31.7. The van der Waals surface area contributed by atoms with Crippen LogP contribution in [0, 0.1) is 0 Å². The number of para-hydroxylation sites is 1. The van der Waals surface area contributed by atoms with Gasteiger partial charge in [-0.2, -0.15) is 0 Å². The Morgan fingerprint density at radius 2 is 1.56 bits per heavy atom. The Morgan fingerprint density at radius 1 is 0.836 bits per heavy atom. The number of pyridine rings is 1. The number of anilines is 1. The molecule has 6 rings (SSSR count). The fourth-order valence-electron chi connectivity index (χ4n) is 7.75. The normalized spacial score (nSPS) is 14.3. The number of piperidine rings is 1. The van der Waals surface area contributed by atoms with Crippen LogP contribution in [-0.4, -0.2) is 89.4 Å². The largest absolute Gasteiger partial charge is 0.506 e. The van der Waals surface area contributed by atoms with Crippen molar-refractivity contribution < 1.29 is 29.3 Å². The van der Waals surface area contributed by atoms with E-state index in [0.717, 1.165) is 67.4 Å². The van der Waals surface area contributed by atoms with Crippen molar-refractivity contribution in [3.8, 4) is 16.9 Å². The lowest BCUT2D eigenvalue weighted by Crippen LogP contribution is -2.40. The number of carbonyl (C=O) groups is 3. The highest BCUT2D eigenvalue weighted by Gasteiger charge is 2.23. The van der Waals surface area contributed by atoms with Gasteiger partial charge in [0.1, 0.15) is 11.9 Å². The maximum absolute atomic E-state index is 12.7. The van der Waals surface area contributed by atoms with Crippen molar-refractivity contribution in [2.75, 3.05) is 44.6 Å². The smallest absolute Gasteiger partial charge is 0.411 e. The average molecular weight is 831 g/mol. The molecule has 0 bridgehead atoms. The van der Waals surface area contributed by atoms with Crippen molar-refractivity contribution in [3.63, 3.8) is 0 Å². The number of ether oxygens (including phenoxy) is 1. The third-order valence-electron chi connectivity index (χ3n) is 11.0. The summed E-state index contributed by atoms with van der Waals surface area (Å²) in [5.74, 6) is -0.0613. The molecule has 1 saturated heterocycles. The molecule has 1 fully saturated rings. The molecule has 0 unspecified atom stereocenters. The molecule has 0 saturated carbocycles. The summed E-state index contributed by atoms with van der Waals surface area (Å²) >= 11 is 0. The fraction of sp³-hybridized carbons (Fsp3) is 0.375. The molecule has 61 heavy (non-hydrogen) atoms. The Kier molecular flexibility index (Phi) is 16.5. The maximum Gasteiger partial charge on any atom is 0.411 e. The molecule has 1 aliphatic heterocycles. The van der Waals surface area contributed by atoms with Crippen molar-refractivity contribution in [1.29, 1.82) is 0 Å². The minimum Gasteiger partial charge on any atom is -0.506 e. The molecule has 0 spiro atoms. The Hall–Kier alpha value is -6.02. The summed E-state index contributed by atoms with van der Waals surface area (Å²) in [7, 11) is 0. The second-order valence-corrected chi connectivity index (χ2v) is 15.8. The van der Waals surface area contributed by atoms with E-state index in [1.165, 1.54) is 12.1 Å². The quantitative estimate of drug-likeness (QED) is 0.0449. The summed E-state index contributed by atoms with van der Waals surface area (Å²) in [5, 5.41) is 34.0. The molecule has 1 aromatic heterocycles. The van der Waals surface area contributed by atoms with Crippen LogP contribution in [0.25, 0.3) is 22.0 Å². The van der Waals surface area contributed by atoms with E-state index in [1.54, 1.807) is 12.1 Å². The zero-order valence-corrected chi connectivity index (χ0v) is 34.8. The van der Waals surface area contributed by atoms with E-state index in [1.807, 2.05) is 85.8 Å². The summed E-state index contributed by atoms with van der Waals surface area (Å²) in [4.78, 5) is 54.5. The number of phenols is 1. The standard InChI is InChI=1S/C48H58N6O7/c1-33(51-32-43(56)39-17-19-42(55)47-40(39)18-20-45(58)53-47)29-34-11-10-12-35(30-34)31-46(59)50-25-9-3-8-24-49-44(57)23-28-54-26-21-37(22-27-54)61-48(60)52-41-16-7-6-15-38(41)36-13-4-2-5-14-36/h2,4-7,10-20,30,33,37,43,51,55-56H,3,8-9,21-29,31-32H2,1H3,(H,49,57)(H,50,59)(H,52,60)(H,53,58)/t33-,43-/m0/s1. The van der Waals surface area contributed by atoms with Gasteiger partial charge in [-0.1, -0.05) is 78.9 Å². The number of aromatic nitrogens is 1. The zero-order chi connectivity index (χ0) is 43.0. The number of rotatable bonds is 20. The second-order valence-electron chi connectivity index (χ2n) is 15.8.